The van der Waals surface area contributed by atoms with Gasteiger partial charge >= 0.3 is 0 Å². The van der Waals surface area contributed by atoms with Crippen LogP contribution in [0.15, 0.2) is 30.3 Å². The fourth-order valence-corrected chi connectivity index (χ4v) is 2.37. The molecule has 1 N–H and O–H groups in total. The van der Waals surface area contributed by atoms with Crippen molar-refractivity contribution in [3.63, 3.8) is 0 Å². The van der Waals surface area contributed by atoms with E-state index in [-0.39, 0.29) is 0 Å². The fourth-order valence-electron chi connectivity index (χ4n) is 2.37. The first-order valence-corrected chi connectivity index (χ1v) is 6.34. The summed E-state index contributed by atoms with van der Waals surface area (Å²) in [6.45, 7) is 7.06. The van der Waals surface area contributed by atoms with Crippen LogP contribution in [-0.4, -0.2) is 37.1 Å². The van der Waals surface area contributed by atoms with Gasteiger partial charge in [0.05, 0.1) is 0 Å². The SMILES string of the molecule is C[C@H]1CN(CCCc2ccccc2)CCN1. The molecule has 1 aromatic rings. The number of nitrogens with zero attached hydrogens (tertiary/aromatic N) is 1. The Labute approximate surface area is 98.7 Å². The van der Waals surface area contributed by atoms with Gasteiger partial charge in [-0.25, -0.2) is 0 Å². The van der Waals surface area contributed by atoms with E-state index in [9.17, 15) is 0 Å². The van der Waals surface area contributed by atoms with Crippen LogP contribution in [-0.2, 0) is 6.42 Å². The highest BCUT2D eigenvalue weighted by atomic mass is 15.2. The Bertz CT molecular complexity index is 297. The first-order valence-electron chi connectivity index (χ1n) is 6.34. The van der Waals surface area contributed by atoms with Gasteiger partial charge in [0.25, 0.3) is 0 Å². The summed E-state index contributed by atoms with van der Waals surface area (Å²) in [5.74, 6) is 0. The first kappa shape index (κ1) is 11.6. The molecule has 0 bridgehead atoms. The summed E-state index contributed by atoms with van der Waals surface area (Å²) in [7, 11) is 0. The molecule has 1 aliphatic rings. The molecule has 0 radical (unpaired) electrons. The number of benzene rings is 1. The standard InChI is InChI=1S/C14H22N2/c1-13-12-16(11-9-15-13)10-5-8-14-6-3-2-4-7-14/h2-4,6-7,13,15H,5,8-12H2,1H3/t13-/m0/s1. The zero-order valence-corrected chi connectivity index (χ0v) is 10.2. The van der Waals surface area contributed by atoms with Crippen LogP contribution in [0.1, 0.15) is 18.9 Å². The summed E-state index contributed by atoms with van der Waals surface area (Å²) < 4.78 is 0. The van der Waals surface area contributed by atoms with Crippen molar-refractivity contribution in [3.8, 4) is 0 Å². The second kappa shape index (κ2) is 6.02. The Hall–Kier alpha value is -0.860. The molecule has 0 saturated carbocycles. The lowest BCUT2D eigenvalue weighted by Gasteiger charge is -2.31. The molecule has 1 saturated heterocycles. The predicted molar refractivity (Wildman–Crippen MR) is 68.7 cm³/mol. The molecule has 1 heterocycles. The quantitative estimate of drug-likeness (QED) is 0.830. The molecular formula is C14H22N2. The molecule has 2 heteroatoms. The number of nitrogens with one attached hydrogen (secondary N) is 1. The zero-order valence-electron chi connectivity index (χ0n) is 10.2. The van der Waals surface area contributed by atoms with Crippen molar-refractivity contribution in [2.45, 2.75) is 25.8 Å². The van der Waals surface area contributed by atoms with Crippen LogP contribution in [0.25, 0.3) is 0 Å². The minimum Gasteiger partial charge on any atom is -0.312 e. The molecule has 1 atom stereocenters. The number of aryl methyl sites for hydroxylation is 1. The molecule has 0 amide bonds. The zero-order chi connectivity index (χ0) is 11.2. The molecule has 0 aliphatic carbocycles. The second-order valence-corrected chi connectivity index (χ2v) is 4.74. The van der Waals surface area contributed by atoms with Gasteiger partial charge in [0.2, 0.25) is 0 Å². The normalized spacial score (nSPS) is 22.2. The van der Waals surface area contributed by atoms with Crippen molar-refractivity contribution < 1.29 is 0 Å². The first-order chi connectivity index (χ1) is 7.84. The Morgan fingerprint density at radius 1 is 1.31 bits per heavy atom. The molecule has 1 fully saturated rings. The summed E-state index contributed by atoms with van der Waals surface area (Å²) in [5.41, 5.74) is 1.46. The third-order valence-corrected chi connectivity index (χ3v) is 3.24. The van der Waals surface area contributed by atoms with E-state index in [0.29, 0.717) is 6.04 Å². The van der Waals surface area contributed by atoms with Crippen molar-refractivity contribution >= 4 is 0 Å². The van der Waals surface area contributed by atoms with Crippen LogP contribution in [0.4, 0.5) is 0 Å². The van der Waals surface area contributed by atoms with Crippen molar-refractivity contribution in [2.24, 2.45) is 0 Å². The summed E-state index contributed by atoms with van der Waals surface area (Å²) in [4.78, 5) is 2.57. The lowest BCUT2D eigenvalue weighted by Crippen LogP contribution is -2.49. The summed E-state index contributed by atoms with van der Waals surface area (Å²) in [6, 6.07) is 11.4. The van der Waals surface area contributed by atoms with Gasteiger partial charge in [0, 0.05) is 25.7 Å². The van der Waals surface area contributed by atoms with E-state index in [0.717, 1.165) is 6.54 Å². The molecule has 16 heavy (non-hydrogen) atoms. The number of hydrogen-bond acceptors (Lipinski definition) is 2. The Morgan fingerprint density at radius 2 is 2.12 bits per heavy atom. The third-order valence-electron chi connectivity index (χ3n) is 3.24. The highest BCUT2D eigenvalue weighted by Gasteiger charge is 2.14. The lowest BCUT2D eigenvalue weighted by molar-refractivity contribution is 0.205. The summed E-state index contributed by atoms with van der Waals surface area (Å²) in [5, 5.41) is 3.48. The van der Waals surface area contributed by atoms with E-state index >= 15 is 0 Å². The van der Waals surface area contributed by atoms with Gasteiger partial charge in [-0.1, -0.05) is 30.3 Å². The van der Waals surface area contributed by atoms with Gasteiger partial charge in [-0.05, 0) is 31.9 Å². The van der Waals surface area contributed by atoms with E-state index in [4.69, 9.17) is 0 Å². The van der Waals surface area contributed by atoms with Gasteiger partial charge in [0.1, 0.15) is 0 Å². The Kier molecular flexibility index (Phi) is 4.37. The van der Waals surface area contributed by atoms with Gasteiger partial charge in [0.15, 0.2) is 0 Å². The third kappa shape index (κ3) is 3.62. The van der Waals surface area contributed by atoms with Crippen LogP contribution >= 0.6 is 0 Å². The lowest BCUT2D eigenvalue weighted by atomic mass is 10.1. The molecule has 0 aromatic heterocycles. The molecular weight excluding hydrogens is 196 g/mol. The fraction of sp³-hybridized carbons (Fsp3) is 0.571. The minimum atomic E-state index is 0.658. The van der Waals surface area contributed by atoms with Crippen LogP contribution in [0.5, 0.6) is 0 Å². The minimum absolute atomic E-state index is 0.658. The predicted octanol–water partition coefficient (Wildman–Crippen LogP) is 1.91. The average Bonchev–Trinajstić information content (AvgIpc) is 2.30. The van der Waals surface area contributed by atoms with E-state index in [2.05, 4.69) is 47.5 Å². The molecule has 2 nitrogen and oxygen atoms in total. The van der Waals surface area contributed by atoms with E-state index in [1.54, 1.807) is 0 Å². The maximum atomic E-state index is 3.48. The van der Waals surface area contributed by atoms with Crippen LogP contribution in [0.2, 0.25) is 0 Å². The van der Waals surface area contributed by atoms with Gasteiger partial charge < -0.3 is 10.2 Å². The van der Waals surface area contributed by atoms with Crippen molar-refractivity contribution in [1.82, 2.24) is 10.2 Å². The maximum Gasteiger partial charge on any atom is 0.0167 e. The number of hydrogen-bond donors (Lipinski definition) is 1. The number of rotatable bonds is 4. The van der Waals surface area contributed by atoms with Crippen LogP contribution < -0.4 is 5.32 Å². The second-order valence-electron chi connectivity index (χ2n) is 4.74. The summed E-state index contributed by atoms with van der Waals surface area (Å²) in [6.07, 6.45) is 2.48. The van der Waals surface area contributed by atoms with Gasteiger partial charge in [-0.15, -0.1) is 0 Å². The van der Waals surface area contributed by atoms with Crippen LogP contribution in [0, 0.1) is 0 Å². The maximum absolute atomic E-state index is 3.48. The monoisotopic (exact) mass is 218 g/mol. The summed E-state index contributed by atoms with van der Waals surface area (Å²) >= 11 is 0. The molecule has 0 unspecified atom stereocenters. The molecule has 0 spiro atoms. The van der Waals surface area contributed by atoms with Crippen molar-refractivity contribution in [3.05, 3.63) is 35.9 Å². The molecule has 1 aliphatic heterocycles. The average molecular weight is 218 g/mol. The Balaban J connectivity index is 1.68. The number of piperazine rings is 1. The van der Waals surface area contributed by atoms with E-state index in [1.165, 1.54) is 38.0 Å². The van der Waals surface area contributed by atoms with E-state index < -0.39 is 0 Å². The van der Waals surface area contributed by atoms with Crippen LogP contribution in [0.3, 0.4) is 0 Å². The van der Waals surface area contributed by atoms with Crippen molar-refractivity contribution in [1.29, 1.82) is 0 Å². The smallest absolute Gasteiger partial charge is 0.0167 e. The topological polar surface area (TPSA) is 15.3 Å². The molecule has 88 valence electrons. The Morgan fingerprint density at radius 3 is 2.88 bits per heavy atom. The van der Waals surface area contributed by atoms with Crippen molar-refractivity contribution in [2.75, 3.05) is 26.2 Å². The highest BCUT2D eigenvalue weighted by Crippen LogP contribution is 2.05. The van der Waals surface area contributed by atoms with Gasteiger partial charge in [-0.3, -0.25) is 0 Å². The highest BCUT2D eigenvalue weighted by molar-refractivity contribution is 5.14. The van der Waals surface area contributed by atoms with Gasteiger partial charge in [-0.2, -0.15) is 0 Å². The van der Waals surface area contributed by atoms with E-state index in [1.807, 2.05) is 0 Å². The molecule has 1 aromatic carbocycles. The largest absolute Gasteiger partial charge is 0.312 e. The molecule has 2 rings (SSSR count).